The number of unbranched alkanes of at least 4 members (excludes halogenated alkanes) is 13. The van der Waals surface area contributed by atoms with Gasteiger partial charge in [-0.15, -0.1) is 0 Å². The van der Waals surface area contributed by atoms with Crippen molar-refractivity contribution in [3.63, 3.8) is 0 Å². The lowest BCUT2D eigenvalue weighted by molar-refractivity contribution is 0.527. The van der Waals surface area contributed by atoms with Gasteiger partial charge >= 0.3 is 0 Å². The third-order valence-corrected chi connectivity index (χ3v) is 5.78. The van der Waals surface area contributed by atoms with Gasteiger partial charge in [-0.2, -0.15) is 0 Å². The summed E-state index contributed by atoms with van der Waals surface area (Å²) in [6.45, 7) is 4.26. The maximum absolute atomic E-state index is 3.55. The number of benzene rings is 1. The largest absolute Gasteiger partial charge is 0.315 e. The highest BCUT2D eigenvalue weighted by atomic mass is 28.1. The van der Waals surface area contributed by atoms with Crippen LogP contribution in [0.5, 0.6) is 0 Å². The van der Waals surface area contributed by atoms with Gasteiger partial charge in [0.25, 0.3) is 0 Å². The lowest BCUT2D eigenvalue weighted by atomic mass is 10.0. The first-order valence-electron chi connectivity index (χ1n) is 12.0. The zero-order valence-corrected chi connectivity index (χ0v) is 19.3. The van der Waals surface area contributed by atoms with E-state index in [1.54, 1.807) is 0 Å². The summed E-state index contributed by atoms with van der Waals surface area (Å²) in [5.74, 6) is 0. The Kier molecular flexibility index (Phi) is 19.1. The molecule has 0 aliphatic rings. The predicted molar refractivity (Wildman–Crippen MR) is 126 cm³/mol. The topological polar surface area (TPSA) is 24.1 Å². The first-order chi connectivity index (χ1) is 13.9. The lowest BCUT2D eigenvalue weighted by Gasteiger charge is -2.07. The molecule has 1 aromatic carbocycles. The van der Waals surface area contributed by atoms with E-state index in [2.05, 4.69) is 51.2 Å². The molecule has 0 spiro atoms. The molecule has 0 aliphatic heterocycles. The van der Waals surface area contributed by atoms with Crippen molar-refractivity contribution >= 4 is 10.2 Å². The normalized spacial score (nSPS) is 11.2. The van der Waals surface area contributed by atoms with Crippen molar-refractivity contribution < 1.29 is 0 Å². The number of hydrogen-bond donors (Lipinski definition) is 2. The molecule has 0 aliphatic carbocycles. The second-order valence-electron chi connectivity index (χ2n) is 8.11. The Balaban J connectivity index is 1.67. The molecule has 0 fully saturated rings. The van der Waals surface area contributed by atoms with Gasteiger partial charge in [0.15, 0.2) is 0 Å². The first kappa shape index (κ1) is 25.4. The van der Waals surface area contributed by atoms with Crippen LogP contribution in [0, 0.1) is 0 Å². The second kappa shape index (κ2) is 21.1. The van der Waals surface area contributed by atoms with Crippen LogP contribution in [0.2, 0.25) is 6.04 Å². The predicted octanol–water partition coefficient (Wildman–Crippen LogP) is 6.41. The minimum Gasteiger partial charge on any atom is -0.315 e. The molecule has 0 bridgehead atoms. The van der Waals surface area contributed by atoms with Crippen molar-refractivity contribution in [2.24, 2.45) is 0 Å². The first-order valence-corrected chi connectivity index (χ1v) is 12.7. The Morgan fingerprint density at radius 2 is 0.964 bits per heavy atom. The summed E-state index contributed by atoms with van der Waals surface area (Å²) in [6, 6.07) is 11.8. The molecule has 2 N–H and O–H groups in total. The van der Waals surface area contributed by atoms with Crippen LogP contribution in [-0.4, -0.2) is 29.9 Å². The van der Waals surface area contributed by atoms with Crippen molar-refractivity contribution in [1.29, 1.82) is 0 Å². The molecule has 0 heterocycles. The van der Waals surface area contributed by atoms with E-state index in [1.165, 1.54) is 108 Å². The molecule has 1 rings (SSSR count). The fraction of sp³-hybridized carbons (Fsp3) is 0.760. The van der Waals surface area contributed by atoms with Crippen LogP contribution in [-0.2, 0) is 6.54 Å². The smallest absolute Gasteiger partial charge is 0.0222 e. The summed E-state index contributed by atoms with van der Waals surface area (Å²) in [5.41, 5.74) is 1.36. The third kappa shape index (κ3) is 17.5. The van der Waals surface area contributed by atoms with Gasteiger partial charge in [0.2, 0.25) is 0 Å². The van der Waals surface area contributed by atoms with Gasteiger partial charge in [-0.3, -0.25) is 0 Å². The van der Waals surface area contributed by atoms with Gasteiger partial charge in [-0.05, 0) is 18.5 Å². The van der Waals surface area contributed by atoms with Gasteiger partial charge in [-0.25, -0.2) is 0 Å². The molecule has 3 heteroatoms. The van der Waals surface area contributed by atoms with Gasteiger partial charge in [0.1, 0.15) is 0 Å². The van der Waals surface area contributed by atoms with Crippen LogP contribution in [0.4, 0.5) is 0 Å². The molecular formula is C25H45N2Si. The summed E-state index contributed by atoms with van der Waals surface area (Å²) in [6.07, 6.45) is 19.9. The number of nitrogens with one attached hydrogen (secondary N) is 2. The van der Waals surface area contributed by atoms with Crippen molar-refractivity contribution in [3.8, 4) is 0 Å². The standard InChI is InChI=1S/C25H45N2Si/c28-23-17-12-10-8-6-4-2-1-3-5-7-9-11-16-20-26-21-22-27-24-25-18-14-13-15-19-25/h13-15,18-19,26-27H,1-12,16-17,20-24H2. The average molecular weight is 402 g/mol. The van der Waals surface area contributed by atoms with Gasteiger partial charge in [-0.1, -0.05) is 120 Å². The lowest BCUT2D eigenvalue weighted by Crippen LogP contribution is -2.27. The molecule has 0 saturated carbocycles. The minimum absolute atomic E-state index is 0.972. The van der Waals surface area contributed by atoms with E-state index < -0.39 is 0 Å². The molecular weight excluding hydrogens is 356 g/mol. The van der Waals surface area contributed by atoms with Crippen LogP contribution in [0.1, 0.15) is 95.5 Å². The summed E-state index contributed by atoms with van der Waals surface area (Å²) in [7, 11) is 3.55. The van der Waals surface area contributed by atoms with E-state index in [0.29, 0.717) is 0 Å². The molecule has 0 aromatic heterocycles. The molecule has 28 heavy (non-hydrogen) atoms. The Labute approximate surface area is 179 Å². The van der Waals surface area contributed by atoms with Gasteiger partial charge in [0, 0.05) is 29.9 Å². The van der Waals surface area contributed by atoms with Crippen molar-refractivity contribution in [2.45, 2.75) is 102 Å². The fourth-order valence-electron chi connectivity index (χ4n) is 3.63. The van der Waals surface area contributed by atoms with Crippen LogP contribution < -0.4 is 10.6 Å². The SMILES string of the molecule is [Si]CCCCCCCCCCCCCCCCNCCNCc1ccccc1. The highest BCUT2D eigenvalue weighted by Crippen LogP contribution is 2.13. The zero-order chi connectivity index (χ0) is 20.0. The monoisotopic (exact) mass is 401 g/mol. The van der Waals surface area contributed by atoms with Crippen LogP contribution >= 0.6 is 0 Å². The molecule has 0 unspecified atom stereocenters. The second-order valence-corrected chi connectivity index (χ2v) is 8.61. The molecule has 0 amide bonds. The fourth-order valence-corrected chi connectivity index (χ4v) is 3.88. The molecule has 3 radical (unpaired) electrons. The van der Waals surface area contributed by atoms with Crippen molar-refractivity contribution in [1.82, 2.24) is 10.6 Å². The van der Waals surface area contributed by atoms with Crippen LogP contribution in [0.3, 0.4) is 0 Å². The third-order valence-electron chi connectivity index (χ3n) is 5.43. The average Bonchev–Trinajstić information content (AvgIpc) is 2.73. The van der Waals surface area contributed by atoms with E-state index in [4.69, 9.17) is 0 Å². The Hall–Kier alpha value is -0.643. The molecule has 1 aromatic rings. The van der Waals surface area contributed by atoms with E-state index >= 15 is 0 Å². The molecule has 2 nitrogen and oxygen atoms in total. The van der Waals surface area contributed by atoms with Crippen molar-refractivity contribution in [3.05, 3.63) is 35.9 Å². The van der Waals surface area contributed by atoms with Crippen molar-refractivity contribution in [2.75, 3.05) is 19.6 Å². The zero-order valence-electron chi connectivity index (χ0n) is 18.3. The Bertz CT molecular complexity index is 410. The summed E-state index contributed by atoms with van der Waals surface area (Å²) in [4.78, 5) is 0. The molecule has 159 valence electrons. The van der Waals surface area contributed by atoms with Crippen LogP contribution in [0.25, 0.3) is 0 Å². The Morgan fingerprint density at radius 1 is 0.500 bits per heavy atom. The Morgan fingerprint density at radius 3 is 1.50 bits per heavy atom. The minimum atomic E-state index is 0.972. The maximum atomic E-state index is 3.55. The number of hydrogen-bond acceptors (Lipinski definition) is 2. The van der Waals surface area contributed by atoms with Gasteiger partial charge in [0.05, 0.1) is 0 Å². The van der Waals surface area contributed by atoms with E-state index in [-0.39, 0.29) is 0 Å². The quantitative estimate of drug-likeness (QED) is 0.184. The van der Waals surface area contributed by atoms with Gasteiger partial charge < -0.3 is 10.6 Å². The maximum Gasteiger partial charge on any atom is 0.0222 e. The van der Waals surface area contributed by atoms with Crippen LogP contribution in [0.15, 0.2) is 30.3 Å². The summed E-state index contributed by atoms with van der Waals surface area (Å²) in [5, 5.41) is 7.05. The highest BCUT2D eigenvalue weighted by Gasteiger charge is 1.95. The van der Waals surface area contributed by atoms with E-state index in [9.17, 15) is 0 Å². The van der Waals surface area contributed by atoms with E-state index in [0.717, 1.165) is 19.6 Å². The van der Waals surface area contributed by atoms with E-state index in [1.807, 2.05) is 0 Å². The molecule has 0 atom stereocenters. The molecule has 0 saturated heterocycles. The summed E-state index contributed by atoms with van der Waals surface area (Å²) < 4.78 is 0. The summed E-state index contributed by atoms with van der Waals surface area (Å²) >= 11 is 0. The highest BCUT2D eigenvalue weighted by molar-refractivity contribution is 6.08. The number of rotatable bonds is 21.